The number of carboxylic acid groups (broad SMARTS) is 1. The summed E-state index contributed by atoms with van der Waals surface area (Å²) in [6, 6.07) is 0. The Balaban J connectivity index is 0. The number of hydrogen-bond donors (Lipinski definition) is 3. The van der Waals surface area contributed by atoms with Crippen molar-refractivity contribution in [3.05, 3.63) is 0 Å². The van der Waals surface area contributed by atoms with Crippen molar-refractivity contribution < 1.29 is 20.1 Å². The maximum Gasteiger partial charge on any atom is 0.309 e. The van der Waals surface area contributed by atoms with E-state index in [1.807, 2.05) is 0 Å². The molecule has 0 radical (unpaired) electrons. The van der Waals surface area contributed by atoms with E-state index in [1.165, 1.54) is 109 Å². The molecule has 0 fully saturated rings. The number of unbranched alkanes of at least 4 members (excludes halogenated alkanes) is 17. The van der Waals surface area contributed by atoms with E-state index in [-0.39, 0.29) is 12.7 Å². The SMILES string of the molecule is CC(O)CCO.CCCCCCCCCCC(CCCCCCCC)(CCCCCCCC)C(=O)O. The third-order valence-corrected chi connectivity index (χ3v) is 7.53. The molecule has 0 spiro atoms. The summed E-state index contributed by atoms with van der Waals surface area (Å²) >= 11 is 0. The fraction of sp³-hybridized carbons (Fsp3) is 0.969. The van der Waals surface area contributed by atoms with Gasteiger partial charge in [-0.05, 0) is 32.6 Å². The number of carboxylic acids is 1. The van der Waals surface area contributed by atoms with Crippen LogP contribution in [0.5, 0.6) is 0 Å². The number of rotatable bonds is 26. The lowest BCUT2D eigenvalue weighted by atomic mass is 9.74. The topological polar surface area (TPSA) is 77.8 Å². The van der Waals surface area contributed by atoms with Gasteiger partial charge in [0.25, 0.3) is 0 Å². The highest BCUT2D eigenvalue weighted by Gasteiger charge is 2.36. The Kier molecular flexibility index (Phi) is 30.2. The van der Waals surface area contributed by atoms with E-state index in [0.29, 0.717) is 6.42 Å². The fourth-order valence-corrected chi connectivity index (χ4v) is 4.97. The molecule has 0 bridgehead atoms. The minimum atomic E-state index is -0.507. The summed E-state index contributed by atoms with van der Waals surface area (Å²) in [6.45, 7) is 8.49. The van der Waals surface area contributed by atoms with Gasteiger partial charge in [0.05, 0.1) is 11.5 Å². The molecule has 0 aliphatic carbocycles. The minimum Gasteiger partial charge on any atom is -0.481 e. The summed E-state index contributed by atoms with van der Waals surface area (Å²) in [5.74, 6) is -0.507. The quantitative estimate of drug-likeness (QED) is 0.100. The molecule has 3 N–H and O–H groups in total. The van der Waals surface area contributed by atoms with Crippen LogP contribution in [0.1, 0.15) is 182 Å². The molecule has 1 atom stereocenters. The van der Waals surface area contributed by atoms with Gasteiger partial charge in [-0.3, -0.25) is 4.79 Å². The van der Waals surface area contributed by atoms with Crippen molar-refractivity contribution in [1.29, 1.82) is 0 Å². The van der Waals surface area contributed by atoms with Crippen LogP contribution < -0.4 is 0 Å². The summed E-state index contributed by atoms with van der Waals surface area (Å²) < 4.78 is 0. The third-order valence-electron chi connectivity index (χ3n) is 7.53. The van der Waals surface area contributed by atoms with E-state index >= 15 is 0 Å². The van der Waals surface area contributed by atoms with Crippen LogP contribution in [0.3, 0.4) is 0 Å². The average Bonchev–Trinajstić information content (AvgIpc) is 2.84. The second-order valence-corrected chi connectivity index (χ2v) is 11.2. The van der Waals surface area contributed by atoms with E-state index in [1.54, 1.807) is 6.92 Å². The van der Waals surface area contributed by atoms with Gasteiger partial charge in [-0.1, -0.05) is 149 Å². The van der Waals surface area contributed by atoms with Crippen LogP contribution in [0.4, 0.5) is 0 Å². The zero-order valence-electron chi connectivity index (χ0n) is 25.0. The smallest absolute Gasteiger partial charge is 0.309 e. The molecule has 1 unspecified atom stereocenters. The van der Waals surface area contributed by atoms with Crippen LogP contribution in [0.25, 0.3) is 0 Å². The minimum absolute atomic E-state index is 0.0810. The molecular formula is C32H66O4. The predicted molar refractivity (Wildman–Crippen MR) is 157 cm³/mol. The molecule has 0 aromatic carbocycles. The summed E-state index contributed by atoms with van der Waals surface area (Å²) in [4.78, 5) is 12.4. The maximum atomic E-state index is 12.4. The van der Waals surface area contributed by atoms with Crippen molar-refractivity contribution in [2.75, 3.05) is 6.61 Å². The molecule has 36 heavy (non-hydrogen) atoms. The monoisotopic (exact) mass is 514 g/mol. The Morgan fingerprint density at radius 2 is 0.861 bits per heavy atom. The van der Waals surface area contributed by atoms with Gasteiger partial charge in [0, 0.05) is 6.61 Å². The molecule has 0 aromatic heterocycles. The highest BCUT2D eigenvalue weighted by atomic mass is 16.4. The van der Waals surface area contributed by atoms with Crippen molar-refractivity contribution in [3.63, 3.8) is 0 Å². The van der Waals surface area contributed by atoms with Crippen molar-refractivity contribution in [3.8, 4) is 0 Å². The van der Waals surface area contributed by atoms with Crippen LogP contribution >= 0.6 is 0 Å². The van der Waals surface area contributed by atoms with Gasteiger partial charge in [-0.2, -0.15) is 0 Å². The van der Waals surface area contributed by atoms with Crippen molar-refractivity contribution in [1.82, 2.24) is 0 Å². The largest absolute Gasteiger partial charge is 0.481 e. The fourth-order valence-electron chi connectivity index (χ4n) is 4.97. The first-order valence-corrected chi connectivity index (χ1v) is 15.9. The summed E-state index contributed by atoms with van der Waals surface area (Å²) in [5.41, 5.74) is -0.447. The molecule has 0 aliphatic heterocycles. The van der Waals surface area contributed by atoms with Crippen LogP contribution in [-0.2, 0) is 4.79 Å². The molecule has 218 valence electrons. The van der Waals surface area contributed by atoms with Gasteiger partial charge in [0.15, 0.2) is 0 Å². The lowest BCUT2D eigenvalue weighted by molar-refractivity contribution is -0.150. The highest BCUT2D eigenvalue weighted by molar-refractivity contribution is 5.74. The second-order valence-electron chi connectivity index (χ2n) is 11.2. The lowest BCUT2D eigenvalue weighted by Crippen LogP contribution is -2.31. The van der Waals surface area contributed by atoms with Gasteiger partial charge in [-0.25, -0.2) is 0 Å². The van der Waals surface area contributed by atoms with Gasteiger partial charge >= 0.3 is 5.97 Å². The molecule has 4 nitrogen and oxygen atoms in total. The second kappa shape index (κ2) is 29.0. The average molecular weight is 515 g/mol. The first-order valence-electron chi connectivity index (χ1n) is 15.9. The van der Waals surface area contributed by atoms with E-state index in [9.17, 15) is 9.90 Å². The van der Waals surface area contributed by atoms with Crippen LogP contribution in [-0.4, -0.2) is 34.0 Å². The Morgan fingerprint density at radius 3 is 1.06 bits per heavy atom. The van der Waals surface area contributed by atoms with E-state index in [2.05, 4.69) is 20.8 Å². The van der Waals surface area contributed by atoms with Crippen LogP contribution in [0.2, 0.25) is 0 Å². The first kappa shape index (κ1) is 37.5. The molecule has 0 aliphatic rings. The molecule has 0 amide bonds. The zero-order chi connectivity index (χ0) is 27.3. The number of hydrogen-bond acceptors (Lipinski definition) is 3. The van der Waals surface area contributed by atoms with E-state index < -0.39 is 11.4 Å². The number of aliphatic carboxylic acids is 1. The molecule has 0 saturated carbocycles. The molecule has 4 heteroatoms. The van der Waals surface area contributed by atoms with Crippen LogP contribution in [0, 0.1) is 5.41 Å². The Labute approximate surface area is 226 Å². The van der Waals surface area contributed by atoms with Gasteiger partial charge in [0.2, 0.25) is 0 Å². The standard InChI is InChI=1S/C28H56O2.C4H10O2/c1-4-7-10-13-16-17-20-23-26-28(27(29)30,24-21-18-14-11-8-5-2)25-22-19-15-12-9-6-3;1-4(6)2-3-5/h4-26H2,1-3H3,(H,29,30);4-6H,2-3H2,1H3. The highest BCUT2D eigenvalue weighted by Crippen LogP contribution is 2.38. The van der Waals surface area contributed by atoms with Crippen molar-refractivity contribution in [2.24, 2.45) is 5.41 Å². The molecular weight excluding hydrogens is 448 g/mol. The van der Waals surface area contributed by atoms with Gasteiger partial charge < -0.3 is 15.3 Å². The Bertz CT molecular complexity index is 420. The molecule has 0 heterocycles. The number of carbonyl (C=O) groups is 1. The predicted octanol–water partition coefficient (Wildman–Crippen LogP) is 9.84. The maximum absolute atomic E-state index is 12.4. The molecule has 0 saturated heterocycles. The van der Waals surface area contributed by atoms with Crippen molar-refractivity contribution >= 4 is 5.97 Å². The number of aliphatic hydroxyl groups is 2. The van der Waals surface area contributed by atoms with Gasteiger partial charge in [0.1, 0.15) is 0 Å². The first-order chi connectivity index (χ1) is 17.4. The summed E-state index contributed by atoms with van der Waals surface area (Å²) in [6.07, 6.45) is 28.1. The van der Waals surface area contributed by atoms with E-state index in [4.69, 9.17) is 10.2 Å². The summed E-state index contributed by atoms with van der Waals surface area (Å²) in [5, 5.41) is 26.7. The molecule has 0 rings (SSSR count). The number of aliphatic hydroxyl groups excluding tert-OH is 2. The Morgan fingerprint density at radius 1 is 0.583 bits per heavy atom. The Hall–Kier alpha value is -0.610. The lowest BCUT2D eigenvalue weighted by Gasteiger charge is -2.30. The summed E-state index contributed by atoms with van der Waals surface area (Å²) in [7, 11) is 0. The zero-order valence-corrected chi connectivity index (χ0v) is 25.0. The van der Waals surface area contributed by atoms with E-state index in [0.717, 1.165) is 38.5 Å². The normalized spacial score (nSPS) is 12.3. The van der Waals surface area contributed by atoms with Gasteiger partial charge in [-0.15, -0.1) is 0 Å². The van der Waals surface area contributed by atoms with Crippen molar-refractivity contribution in [2.45, 2.75) is 188 Å². The molecule has 0 aromatic rings. The third kappa shape index (κ3) is 25.1. The van der Waals surface area contributed by atoms with Crippen LogP contribution in [0.15, 0.2) is 0 Å².